The Bertz CT molecular complexity index is 667. The van der Waals surface area contributed by atoms with Crippen LogP contribution in [0, 0.1) is 18.8 Å². The van der Waals surface area contributed by atoms with Crippen molar-refractivity contribution in [1.82, 2.24) is 15.3 Å². The van der Waals surface area contributed by atoms with Gasteiger partial charge in [-0.1, -0.05) is 17.9 Å². The molecule has 5 nitrogen and oxygen atoms in total. The van der Waals surface area contributed by atoms with Crippen LogP contribution in [0.2, 0.25) is 0 Å². The zero-order valence-electron chi connectivity index (χ0n) is 11.8. The number of nitrogens with zero attached hydrogens (tertiary/aromatic N) is 1. The van der Waals surface area contributed by atoms with Gasteiger partial charge in [-0.3, -0.25) is 4.79 Å². The summed E-state index contributed by atoms with van der Waals surface area (Å²) in [6, 6.07) is 5.39. The van der Waals surface area contributed by atoms with Crippen LogP contribution in [0.5, 0.6) is 0 Å². The lowest BCUT2D eigenvalue weighted by Gasteiger charge is -2.05. The predicted octanol–water partition coefficient (Wildman–Crippen LogP) is 1.38. The highest BCUT2D eigenvalue weighted by molar-refractivity contribution is 5.94. The van der Waals surface area contributed by atoms with Crippen molar-refractivity contribution in [3.63, 3.8) is 0 Å². The second-order valence-electron chi connectivity index (χ2n) is 4.52. The fraction of sp³-hybridized carbons (Fsp3) is 0.250. The maximum absolute atomic E-state index is 12.1. The molecule has 0 radical (unpaired) electrons. The molecule has 0 aliphatic heterocycles. The maximum Gasteiger partial charge on any atom is 0.251 e. The van der Waals surface area contributed by atoms with E-state index in [1.54, 1.807) is 24.5 Å². The summed E-state index contributed by atoms with van der Waals surface area (Å²) in [5, 5.41) is 11.5. The number of H-pyrrole nitrogens is 1. The molecule has 0 fully saturated rings. The largest absolute Gasteiger partial charge is 0.395 e. The SMILES string of the molecule is Cc1ccc(C(=O)NCc2ncc[nH]2)cc1C#CCCO. The molecule has 2 rings (SSSR count). The summed E-state index contributed by atoms with van der Waals surface area (Å²) in [5.74, 6) is 6.37. The van der Waals surface area contributed by atoms with Gasteiger partial charge in [0.05, 0.1) is 13.2 Å². The normalized spacial score (nSPS) is 9.81. The Kier molecular flexibility index (Phi) is 5.13. The van der Waals surface area contributed by atoms with Gasteiger partial charge in [0.25, 0.3) is 5.91 Å². The number of hydrogen-bond donors (Lipinski definition) is 3. The summed E-state index contributed by atoms with van der Waals surface area (Å²) in [4.78, 5) is 19.1. The van der Waals surface area contributed by atoms with E-state index in [1.165, 1.54) is 0 Å². The van der Waals surface area contributed by atoms with Gasteiger partial charge in [0.2, 0.25) is 0 Å². The lowest BCUT2D eigenvalue weighted by molar-refractivity contribution is 0.0950. The molecule has 5 heteroatoms. The summed E-state index contributed by atoms with van der Waals surface area (Å²) < 4.78 is 0. The number of nitrogens with one attached hydrogen (secondary N) is 2. The third-order valence-electron chi connectivity index (χ3n) is 2.93. The summed E-state index contributed by atoms with van der Waals surface area (Å²) >= 11 is 0. The average Bonchev–Trinajstić information content (AvgIpc) is 3.00. The highest BCUT2D eigenvalue weighted by Crippen LogP contribution is 2.10. The number of carbonyl (C=O) groups excluding carboxylic acids is 1. The molecule has 0 aliphatic rings. The zero-order chi connectivity index (χ0) is 15.1. The third kappa shape index (κ3) is 4.20. The van der Waals surface area contributed by atoms with Crippen molar-refractivity contribution >= 4 is 5.91 Å². The van der Waals surface area contributed by atoms with Crippen molar-refractivity contribution in [2.75, 3.05) is 6.61 Å². The van der Waals surface area contributed by atoms with Gasteiger partial charge in [-0.05, 0) is 24.6 Å². The van der Waals surface area contributed by atoms with Crippen LogP contribution in [-0.4, -0.2) is 27.6 Å². The molecule has 0 atom stereocenters. The average molecular weight is 283 g/mol. The summed E-state index contributed by atoms with van der Waals surface area (Å²) in [6.07, 6.45) is 3.78. The standard InChI is InChI=1S/C16H17N3O2/c1-12-5-6-14(10-13(12)4-2-3-9-20)16(21)19-11-15-17-7-8-18-15/h5-8,10,20H,3,9,11H2,1H3,(H,17,18)(H,19,21). The molecular formula is C16H17N3O2. The number of amides is 1. The first kappa shape index (κ1) is 14.8. The Morgan fingerprint density at radius 2 is 2.33 bits per heavy atom. The van der Waals surface area contributed by atoms with Crippen molar-refractivity contribution in [3.05, 3.63) is 53.1 Å². The number of aryl methyl sites for hydroxylation is 1. The quantitative estimate of drug-likeness (QED) is 0.742. The van der Waals surface area contributed by atoms with Gasteiger partial charge in [0.15, 0.2) is 0 Å². The molecule has 0 unspecified atom stereocenters. The number of aliphatic hydroxyl groups is 1. The van der Waals surface area contributed by atoms with Crippen LogP contribution in [0.3, 0.4) is 0 Å². The summed E-state index contributed by atoms with van der Waals surface area (Å²) in [7, 11) is 0. The predicted molar refractivity (Wildman–Crippen MR) is 79.5 cm³/mol. The molecule has 0 saturated carbocycles. The summed E-state index contributed by atoms with van der Waals surface area (Å²) in [5.41, 5.74) is 2.36. The van der Waals surface area contributed by atoms with E-state index in [4.69, 9.17) is 5.11 Å². The Labute approximate surface area is 123 Å². The zero-order valence-corrected chi connectivity index (χ0v) is 11.8. The van der Waals surface area contributed by atoms with E-state index in [2.05, 4.69) is 27.1 Å². The van der Waals surface area contributed by atoms with Crippen LogP contribution < -0.4 is 5.32 Å². The lowest BCUT2D eigenvalue weighted by Crippen LogP contribution is -2.23. The van der Waals surface area contributed by atoms with Gasteiger partial charge in [-0.25, -0.2) is 4.98 Å². The van der Waals surface area contributed by atoms with Crippen molar-refractivity contribution in [1.29, 1.82) is 0 Å². The van der Waals surface area contributed by atoms with Gasteiger partial charge >= 0.3 is 0 Å². The van der Waals surface area contributed by atoms with Gasteiger partial charge in [-0.15, -0.1) is 0 Å². The molecule has 108 valence electrons. The number of rotatable bonds is 4. The van der Waals surface area contributed by atoms with Crippen molar-refractivity contribution in [3.8, 4) is 11.8 Å². The smallest absolute Gasteiger partial charge is 0.251 e. The van der Waals surface area contributed by atoms with E-state index >= 15 is 0 Å². The molecule has 0 bridgehead atoms. The fourth-order valence-corrected chi connectivity index (χ4v) is 1.77. The highest BCUT2D eigenvalue weighted by Gasteiger charge is 2.07. The fourth-order valence-electron chi connectivity index (χ4n) is 1.77. The molecule has 0 spiro atoms. The van der Waals surface area contributed by atoms with Gasteiger partial charge in [0.1, 0.15) is 5.82 Å². The molecule has 0 aliphatic carbocycles. The minimum Gasteiger partial charge on any atom is -0.395 e. The van der Waals surface area contributed by atoms with Crippen LogP contribution in [0.4, 0.5) is 0 Å². The van der Waals surface area contributed by atoms with E-state index in [0.717, 1.165) is 11.1 Å². The molecule has 1 aromatic heterocycles. The second kappa shape index (κ2) is 7.27. The maximum atomic E-state index is 12.1. The number of hydrogen-bond acceptors (Lipinski definition) is 3. The van der Waals surface area contributed by atoms with E-state index in [0.29, 0.717) is 24.4 Å². The summed E-state index contributed by atoms with van der Waals surface area (Å²) in [6.45, 7) is 2.33. The van der Waals surface area contributed by atoms with E-state index in [9.17, 15) is 4.79 Å². The van der Waals surface area contributed by atoms with Crippen LogP contribution in [-0.2, 0) is 6.54 Å². The van der Waals surface area contributed by atoms with Crippen molar-refractivity contribution in [2.24, 2.45) is 0 Å². The third-order valence-corrected chi connectivity index (χ3v) is 2.93. The van der Waals surface area contributed by atoms with Crippen LogP contribution in [0.1, 0.15) is 33.7 Å². The Hall–Kier alpha value is -2.58. The Balaban J connectivity index is 2.07. The van der Waals surface area contributed by atoms with Crippen LogP contribution in [0.15, 0.2) is 30.6 Å². The number of carbonyl (C=O) groups is 1. The molecule has 21 heavy (non-hydrogen) atoms. The van der Waals surface area contributed by atoms with Crippen molar-refractivity contribution < 1.29 is 9.90 Å². The number of benzene rings is 1. The first-order chi connectivity index (χ1) is 10.2. The molecule has 2 aromatic rings. The second-order valence-corrected chi connectivity index (χ2v) is 4.52. The molecule has 1 amide bonds. The Morgan fingerprint density at radius 3 is 3.05 bits per heavy atom. The molecule has 0 saturated heterocycles. The number of aliphatic hydroxyl groups excluding tert-OH is 1. The van der Waals surface area contributed by atoms with Crippen LogP contribution >= 0.6 is 0 Å². The number of imidazole rings is 1. The number of aromatic amines is 1. The van der Waals surface area contributed by atoms with Crippen LogP contribution in [0.25, 0.3) is 0 Å². The molecule has 1 aromatic carbocycles. The van der Waals surface area contributed by atoms with E-state index in [1.807, 2.05) is 13.0 Å². The first-order valence-electron chi connectivity index (χ1n) is 6.67. The van der Waals surface area contributed by atoms with Crippen molar-refractivity contribution in [2.45, 2.75) is 19.9 Å². The number of aromatic nitrogens is 2. The van der Waals surface area contributed by atoms with Gasteiger partial charge < -0.3 is 15.4 Å². The van der Waals surface area contributed by atoms with E-state index < -0.39 is 0 Å². The highest BCUT2D eigenvalue weighted by atomic mass is 16.2. The monoisotopic (exact) mass is 283 g/mol. The molecule has 3 N–H and O–H groups in total. The molecule has 1 heterocycles. The lowest BCUT2D eigenvalue weighted by atomic mass is 10.0. The topological polar surface area (TPSA) is 78.0 Å². The minimum absolute atomic E-state index is 0.0371. The minimum atomic E-state index is -0.170. The first-order valence-corrected chi connectivity index (χ1v) is 6.67. The Morgan fingerprint density at radius 1 is 1.48 bits per heavy atom. The van der Waals surface area contributed by atoms with Gasteiger partial charge in [-0.2, -0.15) is 0 Å². The molecular weight excluding hydrogens is 266 g/mol. The van der Waals surface area contributed by atoms with Gasteiger partial charge in [0, 0.05) is 29.9 Å². The van der Waals surface area contributed by atoms with E-state index in [-0.39, 0.29) is 12.5 Å².